The van der Waals surface area contributed by atoms with Crippen LogP contribution < -0.4 is 10.6 Å². The Kier molecular flexibility index (Phi) is 4.34. The molecule has 1 amide bonds. The highest BCUT2D eigenvalue weighted by molar-refractivity contribution is 5.76. The lowest BCUT2D eigenvalue weighted by Crippen LogP contribution is -2.29. The largest absolute Gasteiger partial charge is 0.467 e. The van der Waals surface area contributed by atoms with Gasteiger partial charge < -0.3 is 20.2 Å². The van der Waals surface area contributed by atoms with E-state index in [0.717, 1.165) is 6.07 Å². The molecule has 112 valence electrons. The van der Waals surface area contributed by atoms with E-state index >= 15 is 0 Å². The molecule has 3 N–H and O–H groups in total. The van der Waals surface area contributed by atoms with Crippen molar-refractivity contribution in [3.05, 3.63) is 23.7 Å². The van der Waals surface area contributed by atoms with Gasteiger partial charge in [0.15, 0.2) is 0 Å². The third-order valence-corrected chi connectivity index (χ3v) is 3.19. The van der Waals surface area contributed by atoms with E-state index in [0.29, 0.717) is 19.4 Å². The van der Waals surface area contributed by atoms with Crippen molar-refractivity contribution in [2.45, 2.75) is 25.2 Å². The molecule has 0 aliphatic carbocycles. The summed E-state index contributed by atoms with van der Waals surface area (Å²) in [6, 6.07) is 0.853. The Bertz CT molecular complexity index is 473. The lowest BCUT2D eigenvalue weighted by molar-refractivity contribution is -0.137. The summed E-state index contributed by atoms with van der Waals surface area (Å²) in [7, 11) is 0. The summed E-state index contributed by atoms with van der Waals surface area (Å²) >= 11 is 0. The van der Waals surface area contributed by atoms with Gasteiger partial charge in [0.2, 0.25) is 5.91 Å². The van der Waals surface area contributed by atoms with Crippen molar-refractivity contribution in [1.82, 2.24) is 10.6 Å². The van der Waals surface area contributed by atoms with Crippen LogP contribution in [-0.4, -0.2) is 30.2 Å². The molecule has 2 heterocycles. The number of aliphatic hydroxyl groups is 1. The number of halogens is 3. The van der Waals surface area contributed by atoms with Crippen LogP contribution >= 0.6 is 0 Å². The SMILES string of the molecule is O=C(C[C@@H]1CNC[C@H]1O)NCc1cc(C(F)(F)F)co1. The van der Waals surface area contributed by atoms with Crippen LogP contribution in [0.25, 0.3) is 0 Å². The van der Waals surface area contributed by atoms with Gasteiger partial charge >= 0.3 is 6.18 Å². The maximum absolute atomic E-state index is 12.3. The van der Waals surface area contributed by atoms with Crippen LogP contribution in [0.2, 0.25) is 0 Å². The van der Waals surface area contributed by atoms with Crippen molar-refractivity contribution in [1.29, 1.82) is 0 Å². The Labute approximate surface area is 113 Å². The number of alkyl halides is 3. The molecule has 1 saturated heterocycles. The van der Waals surface area contributed by atoms with E-state index in [1.807, 2.05) is 0 Å². The average molecular weight is 292 g/mol. The predicted molar refractivity (Wildman–Crippen MR) is 62.5 cm³/mol. The first-order valence-corrected chi connectivity index (χ1v) is 6.16. The van der Waals surface area contributed by atoms with Gasteiger partial charge in [-0.1, -0.05) is 0 Å². The zero-order chi connectivity index (χ0) is 14.8. The first-order valence-electron chi connectivity index (χ1n) is 6.16. The van der Waals surface area contributed by atoms with Gasteiger partial charge in [0, 0.05) is 25.4 Å². The van der Waals surface area contributed by atoms with Gasteiger partial charge in [-0.15, -0.1) is 0 Å². The highest BCUT2D eigenvalue weighted by atomic mass is 19.4. The molecule has 1 aromatic heterocycles. The quantitative estimate of drug-likeness (QED) is 0.770. The average Bonchev–Trinajstić information content (AvgIpc) is 2.96. The fourth-order valence-electron chi connectivity index (χ4n) is 2.05. The summed E-state index contributed by atoms with van der Waals surface area (Å²) < 4.78 is 41.7. The Morgan fingerprint density at radius 1 is 1.50 bits per heavy atom. The molecular formula is C12H15F3N2O3. The van der Waals surface area contributed by atoms with Crippen molar-refractivity contribution in [3.8, 4) is 0 Å². The van der Waals surface area contributed by atoms with Gasteiger partial charge in [-0.05, 0) is 6.07 Å². The highest BCUT2D eigenvalue weighted by Gasteiger charge is 2.32. The van der Waals surface area contributed by atoms with E-state index < -0.39 is 17.8 Å². The zero-order valence-corrected chi connectivity index (χ0v) is 10.5. The molecule has 2 atom stereocenters. The van der Waals surface area contributed by atoms with E-state index in [2.05, 4.69) is 10.6 Å². The fraction of sp³-hybridized carbons (Fsp3) is 0.583. The maximum Gasteiger partial charge on any atom is 0.419 e. The summed E-state index contributed by atoms with van der Waals surface area (Å²) in [6.45, 7) is 0.893. The summed E-state index contributed by atoms with van der Waals surface area (Å²) in [4.78, 5) is 11.6. The smallest absolute Gasteiger partial charge is 0.419 e. The van der Waals surface area contributed by atoms with E-state index in [1.165, 1.54) is 0 Å². The fourth-order valence-corrected chi connectivity index (χ4v) is 2.05. The van der Waals surface area contributed by atoms with E-state index in [9.17, 15) is 23.1 Å². The second kappa shape index (κ2) is 5.84. The number of rotatable bonds is 4. The topological polar surface area (TPSA) is 74.5 Å². The number of amides is 1. The van der Waals surface area contributed by atoms with Gasteiger partial charge in [0.25, 0.3) is 0 Å². The Hall–Kier alpha value is -1.54. The monoisotopic (exact) mass is 292 g/mol. The zero-order valence-electron chi connectivity index (χ0n) is 10.5. The number of hydrogen-bond acceptors (Lipinski definition) is 4. The number of nitrogens with one attached hydrogen (secondary N) is 2. The Morgan fingerprint density at radius 2 is 2.25 bits per heavy atom. The maximum atomic E-state index is 12.3. The molecule has 5 nitrogen and oxygen atoms in total. The van der Waals surface area contributed by atoms with Gasteiger partial charge in [-0.25, -0.2) is 0 Å². The third kappa shape index (κ3) is 3.73. The molecule has 20 heavy (non-hydrogen) atoms. The minimum atomic E-state index is -4.45. The molecule has 1 aliphatic heterocycles. The van der Waals surface area contributed by atoms with Crippen LogP contribution in [0, 0.1) is 5.92 Å². The van der Waals surface area contributed by atoms with E-state index in [-0.39, 0.29) is 30.6 Å². The second-order valence-electron chi connectivity index (χ2n) is 4.77. The third-order valence-electron chi connectivity index (χ3n) is 3.19. The van der Waals surface area contributed by atoms with Gasteiger partial charge in [-0.2, -0.15) is 13.2 Å². The molecule has 0 spiro atoms. The number of β-amino-alcohol motifs (C(OH)–C–C–N with tert-alkyl or cyclic N) is 1. The summed E-state index contributed by atoms with van der Waals surface area (Å²) in [5.41, 5.74) is -0.878. The molecule has 1 aliphatic rings. The van der Waals surface area contributed by atoms with Crippen molar-refractivity contribution in [2.75, 3.05) is 13.1 Å². The van der Waals surface area contributed by atoms with E-state index in [4.69, 9.17) is 4.42 Å². The molecule has 1 fully saturated rings. The van der Waals surface area contributed by atoms with Crippen LogP contribution in [0.1, 0.15) is 17.7 Å². The minimum Gasteiger partial charge on any atom is -0.467 e. The minimum absolute atomic E-state index is 0.0378. The molecule has 1 aromatic rings. The summed E-state index contributed by atoms with van der Waals surface area (Å²) in [5.74, 6) is -0.462. The van der Waals surface area contributed by atoms with Crippen molar-refractivity contribution in [2.24, 2.45) is 5.92 Å². The normalized spacial score (nSPS) is 23.0. The molecule has 0 unspecified atom stereocenters. The standard InChI is InChI=1S/C12H15F3N2O3/c13-12(14,15)8-2-9(20-6-8)4-17-11(19)1-7-3-16-5-10(7)18/h2,6-7,10,16,18H,1,3-5H2,(H,17,19)/t7-,10-/m1/s1. The van der Waals surface area contributed by atoms with Gasteiger partial charge in [0.1, 0.15) is 12.0 Å². The van der Waals surface area contributed by atoms with E-state index in [1.54, 1.807) is 0 Å². The summed E-state index contributed by atoms with van der Waals surface area (Å²) in [6.07, 6.45) is -4.28. The second-order valence-corrected chi connectivity index (χ2v) is 4.77. The molecule has 2 rings (SSSR count). The number of carbonyl (C=O) groups is 1. The van der Waals surface area contributed by atoms with Crippen molar-refractivity contribution in [3.63, 3.8) is 0 Å². The molecule has 8 heteroatoms. The molecular weight excluding hydrogens is 277 g/mol. The molecule has 0 bridgehead atoms. The van der Waals surface area contributed by atoms with Crippen molar-refractivity contribution < 1.29 is 27.5 Å². The first kappa shape index (κ1) is 14.9. The Balaban J connectivity index is 1.80. The van der Waals surface area contributed by atoms with Gasteiger partial charge in [0.05, 0.1) is 18.2 Å². The highest BCUT2D eigenvalue weighted by Crippen LogP contribution is 2.30. The molecule has 0 radical (unpaired) electrons. The number of aliphatic hydroxyl groups excluding tert-OH is 1. The van der Waals surface area contributed by atoms with Crippen LogP contribution in [-0.2, 0) is 17.5 Å². The number of carbonyl (C=O) groups excluding carboxylic acids is 1. The molecule has 0 aromatic carbocycles. The lowest BCUT2D eigenvalue weighted by atomic mass is 10.0. The molecule has 0 saturated carbocycles. The lowest BCUT2D eigenvalue weighted by Gasteiger charge is -2.12. The van der Waals surface area contributed by atoms with Gasteiger partial charge in [-0.3, -0.25) is 4.79 Å². The van der Waals surface area contributed by atoms with Crippen LogP contribution in [0.5, 0.6) is 0 Å². The van der Waals surface area contributed by atoms with Crippen molar-refractivity contribution >= 4 is 5.91 Å². The summed E-state index contributed by atoms with van der Waals surface area (Å²) in [5, 5.41) is 14.9. The Morgan fingerprint density at radius 3 is 2.80 bits per heavy atom. The predicted octanol–water partition coefficient (Wildman–Crippen LogP) is 0.885. The number of furan rings is 1. The van der Waals surface area contributed by atoms with Crippen LogP contribution in [0.4, 0.5) is 13.2 Å². The first-order chi connectivity index (χ1) is 9.36. The van der Waals surface area contributed by atoms with Crippen LogP contribution in [0.3, 0.4) is 0 Å². The van der Waals surface area contributed by atoms with Crippen LogP contribution in [0.15, 0.2) is 16.7 Å². The number of hydrogen-bond donors (Lipinski definition) is 3.